The molecule has 1 amide bonds. The number of halogens is 1. The highest BCUT2D eigenvalue weighted by Crippen LogP contribution is 2.32. The maximum absolute atomic E-state index is 13.4. The van der Waals surface area contributed by atoms with Gasteiger partial charge in [0.05, 0.1) is 36.4 Å². The van der Waals surface area contributed by atoms with Crippen LogP contribution in [0.5, 0.6) is 0 Å². The van der Waals surface area contributed by atoms with E-state index in [4.69, 9.17) is 16.6 Å². The summed E-state index contributed by atoms with van der Waals surface area (Å²) in [6.45, 7) is 0. The molecule has 6 rings (SSSR count). The normalized spacial score (nSPS) is 14.3. The minimum absolute atomic E-state index is 0.189. The van der Waals surface area contributed by atoms with Crippen molar-refractivity contribution in [1.29, 1.82) is 0 Å². The number of H-pyrrole nitrogens is 1. The molecule has 0 fully saturated rings. The Morgan fingerprint density at radius 2 is 2.03 bits per heavy atom. The number of rotatable bonds is 5. The molecule has 12 nitrogen and oxygen atoms in total. The number of fused-ring (bicyclic) bond motifs is 1. The van der Waals surface area contributed by atoms with Crippen molar-refractivity contribution in [3.8, 4) is 28.2 Å². The number of aryl methyl sites for hydroxylation is 1. The molecule has 2 aromatic carbocycles. The number of aromatic nitrogens is 8. The van der Waals surface area contributed by atoms with Gasteiger partial charge in [-0.1, -0.05) is 23.7 Å². The first-order valence-electron chi connectivity index (χ1n) is 11.7. The molecule has 38 heavy (non-hydrogen) atoms. The van der Waals surface area contributed by atoms with Crippen LogP contribution in [0.3, 0.4) is 0 Å². The third-order valence-electron chi connectivity index (χ3n) is 6.35. The number of carbonyl (C=O) groups is 1. The molecule has 0 saturated carbocycles. The number of tetrazole rings is 1. The summed E-state index contributed by atoms with van der Waals surface area (Å²) in [5.41, 5.74) is 3.91. The van der Waals surface area contributed by atoms with Crippen molar-refractivity contribution in [3.63, 3.8) is 0 Å². The van der Waals surface area contributed by atoms with Gasteiger partial charge in [-0.15, -0.1) is 5.10 Å². The summed E-state index contributed by atoms with van der Waals surface area (Å²) >= 11 is 6.27. The number of methoxy groups -OCH3 is 1. The fourth-order valence-corrected chi connectivity index (χ4v) is 4.75. The van der Waals surface area contributed by atoms with E-state index in [1.165, 1.54) is 24.2 Å². The smallest absolute Gasteiger partial charge is 0.411 e. The first-order chi connectivity index (χ1) is 18.5. The average molecular weight is 530 g/mol. The summed E-state index contributed by atoms with van der Waals surface area (Å²) in [6, 6.07) is 13.7. The van der Waals surface area contributed by atoms with Crippen LogP contribution in [-0.2, 0) is 11.2 Å². The van der Waals surface area contributed by atoms with Crippen LogP contribution >= 0.6 is 11.6 Å². The molecule has 13 heteroatoms. The fourth-order valence-electron chi connectivity index (χ4n) is 4.58. The lowest BCUT2D eigenvalue weighted by Crippen LogP contribution is -2.25. The van der Waals surface area contributed by atoms with E-state index in [1.807, 2.05) is 12.1 Å². The Kier molecular flexibility index (Phi) is 5.92. The van der Waals surface area contributed by atoms with Crippen LogP contribution in [0.25, 0.3) is 28.2 Å². The largest absolute Gasteiger partial charge is 0.453 e. The van der Waals surface area contributed by atoms with E-state index >= 15 is 0 Å². The lowest BCUT2D eigenvalue weighted by atomic mass is 10.1. The highest BCUT2D eigenvalue weighted by atomic mass is 35.5. The third-order valence-corrected chi connectivity index (χ3v) is 6.58. The van der Waals surface area contributed by atoms with Gasteiger partial charge in [0.15, 0.2) is 0 Å². The van der Waals surface area contributed by atoms with Crippen LogP contribution in [0.15, 0.2) is 65.8 Å². The number of anilines is 1. The Balaban J connectivity index is 1.30. The summed E-state index contributed by atoms with van der Waals surface area (Å²) in [4.78, 5) is 37.5. The van der Waals surface area contributed by atoms with E-state index < -0.39 is 6.09 Å². The molecule has 0 unspecified atom stereocenters. The van der Waals surface area contributed by atoms with E-state index in [2.05, 4.69) is 35.5 Å². The van der Waals surface area contributed by atoms with Crippen molar-refractivity contribution in [1.82, 2.24) is 39.7 Å². The molecule has 190 valence electrons. The minimum Gasteiger partial charge on any atom is -0.453 e. The molecular formula is C25H20ClN9O3. The second kappa shape index (κ2) is 9.56. The van der Waals surface area contributed by atoms with Gasteiger partial charge in [-0.2, -0.15) is 4.68 Å². The number of carbonyl (C=O) groups excluding carboxylic acids is 1. The van der Waals surface area contributed by atoms with Crippen molar-refractivity contribution in [2.45, 2.75) is 18.9 Å². The predicted octanol–water partition coefficient (Wildman–Crippen LogP) is 3.64. The molecule has 0 radical (unpaired) electrons. The number of aromatic amines is 1. The van der Waals surface area contributed by atoms with E-state index in [-0.39, 0.29) is 11.6 Å². The summed E-state index contributed by atoms with van der Waals surface area (Å²) in [7, 11) is 1.31. The van der Waals surface area contributed by atoms with Crippen LogP contribution in [0.1, 0.15) is 24.1 Å². The second-order valence-electron chi connectivity index (χ2n) is 8.61. The van der Waals surface area contributed by atoms with Gasteiger partial charge in [0.1, 0.15) is 18.0 Å². The standard InChI is InChI=1S/C25H20ClN9O3/c1-38-25(37)29-16-5-2-14(3-6-16)19-12-27-24(31-19)21-8-9-22-30-18(11-23(36)35(21)22)17-10-15(26)4-7-20(17)34-13-28-32-33-34/h2-7,10-13,21H,8-9H2,1H3,(H,27,31)(H,29,37)/t21-/m0/s1. The Morgan fingerprint density at radius 3 is 2.79 bits per heavy atom. The highest BCUT2D eigenvalue weighted by molar-refractivity contribution is 6.31. The molecule has 0 saturated heterocycles. The number of nitrogens with zero attached hydrogens (tertiary/aromatic N) is 7. The zero-order chi connectivity index (χ0) is 26.2. The van der Waals surface area contributed by atoms with Crippen molar-refractivity contribution in [3.05, 3.63) is 88.1 Å². The van der Waals surface area contributed by atoms with E-state index in [9.17, 15) is 9.59 Å². The number of hydrogen-bond donors (Lipinski definition) is 2. The average Bonchev–Trinajstić information content (AvgIpc) is 3.70. The predicted molar refractivity (Wildman–Crippen MR) is 138 cm³/mol. The van der Waals surface area contributed by atoms with Crippen LogP contribution in [0.4, 0.5) is 10.5 Å². The Hall–Kier alpha value is -4.84. The SMILES string of the molecule is COC(=O)Nc1ccc(-c2cnc([C@@H]3CCc4nc(-c5cc(Cl)ccc5-n5cnnn5)cc(=O)n43)[nH]2)cc1. The first kappa shape index (κ1) is 23.6. The van der Waals surface area contributed by atoms with Gasteiger partial charge in [0, 0.05) is 28.8 Å². The summed E-state index contributed by atoms with van der Waals surface area (Å²) < 4.78 is 7.79. The molecular weight excluding hydrogens is 510 g/mol. The summed E-state index contributed by atoms with van der Waals surface area (Å²) in [5.74, 6) is 1.33. The maximum atomic E-state index is 13.4. The van der Waals surface area contributed by atoms with Crippen LogP contribution in [0.2, 0.25) is 5.02 Å². The number of benzene rings is 2. The molecule has 1 atom stereocenters. The Morgan fingerprint density at radius 1 is 1.18 bits per heavy atom. The quantitative estimate of drug-likeness (QED) is 0.351. The second-order valence-corrected chi connectivity index (χ2v) is 9.05. The van der Waals surface area contributed by atoms with Crippen molar-refractivity contribution in [2.24, 2.45) is 0 Å². The topological polar surface area (TPSA) is 146 Å². The lowest BCUT2D eigenvalue weighted by Gasteiger charge is -2.14. The van der Waals surface area contributed by atoms with Crippen LogP contribution in [-0.4, -0.2) is 52.9 Å². The van der Waals surface area contributed by atoms with Gasteiger partial charge in [0.25, 0.3) is 5.56 Å². The van der Waals surface area contributed by atoms with Crippen LogP contribution < -0.4 is 10.9 Å². The number of ether oxygens (including phenoxy) is 1. The number of imidazole rings is 1. The molecule has 5 aromatic rings. The molecule has 0 aliphatic carbocycles. The zero-order valence-electron chi connectivity index (χ0n) is 20.0. The minimum atomic E-state index is -0.536. The van der Waals surface area contributed by atoms with Crippen molar-refractivity contribution < 1.29 is 9.53 Å². The van der Waals surface area contributed by atoms with Gasteiger partial charge >= 0.3 is 6.09 Å². The molecule has 1 aliphatic rings. The van der Waals surface area contributed by atoms with Gasteiger partial charge in [-0.05, 0) is 52.7 Å². The molecule has 0 spiro atoms. The van der Waals surface area contributed by atoms with Gasteiger partial charge in [-0.3, -0.25) is 14.7 Å². The number of nitrogens with one attached hydrogen (secondary N) is 2. The Labute approximate surface area is 220 Å². The monoisotopic (exact) mass is 529 g/mol. The molecule has 2 N–H and O–H groups in total. The van der Waals surface area contributed by atoms with E-state index in [0.29, 0.717) is 52.1 Å². The van der Waals surface area contributed by atoms with Gasteiger partial charge in [-0.25, -0.2) is 14.8 Å². The first-order valence-corrected chi connectivity index (χ1v) is 12.0. The molecule has 3 aromatic heterocycles. The molecule has 0 bridgehead atoms. The van der Waals surface area contributed by atoms with Gasteiger partial charge < -0.3 is 9.72 Å². The zero-order valence-corrected chi connectivity index (χ0v) is 20.8. The summed E-state index contributed by atoms with van der Waals surface area (Å²) in [6.07, 6.45) is 3.95. The number of hydrogen-bond acceptors (Lipinski definition) is 8. The summed E-state index contributed by atoms with van der Waals surface area (Å²) in [5, 5.41) is 14.5. The highest BCUT2D eigenvalue weighted by Gasteiger charge is 2.29. The maximum Gasteiger partial charge on any atom is 0.411 e. The molecule has 1 aliphatic heterocycles. The number of amides is 1. The van der Waals surface area contributed by atoms with Crippen molar-refractivity contribution >= 4 is 23.4 Å². The Bertz CT molecular complexity index is 1690. The fraction of sp³-hybridized carbons (Fsp3) is 0.160. The third kappa shape index (κ3) is 4.30. The van der Waals surface area contributed by atoms with E-state index in [0.717, 1.165) is 11.3 Å². The molecule has 4 heterocycles. The van der Waals surface area contributed by atoms with Crippen molar-refractivity contribution in [2.75, 3.05) is 12.4 Å². The lowest BCUT2D eigenvalue weighted by molar-refractivity contribution is 0.187. The van der Waals surface area contributed by atoms with E-state index in [1.54, 1.807) is 41.1 Å². The van der Waals surface area contributed by atoms with Gasteiger partial charge in [0.2, 0.25) is 0 Å². The van der Waals surface area contributed by atoms with Crippen LogP contribution in [0, 0.1) is 0 Å².